The zero-order valence-corrected chi connectivity index (χ0v) is 17.8. The smallest absolute Gasteiger partial charge is 0.278 e. The second-order valence-corrected chi connectivity index (χ2v) is 8.83. The van der Waals surface area contributed by atoms with Crippen molar-refractivity contribution in [1.29, 1.82) is 0 Å². The molecule has 0 saturated carbocycles. The van der Waals surface area contributed by atoms with Gasteiger partial charge in [-0.05, 0) is 31.5 Å². The van der Waals surface area contributed by atoms with E-state index in [0.29, 0.717) is 24.1 Å². The second-order valence-electron chi connectivity index (χ2n) is 7.77. The van der Waals surface area contributed by atoms with Gasteiger partial charge >= 0.3 is 0 Å². The summed E-state index contributed by atoms with van der Waals surface area (Å²) < 4.78 is 3.54. The minimum absolute atomic E-state index is 0.0693. The van der Waals surface area contributed by atoms with E-state index in [1.54, 1.807) is 16.3 Å². The number of amides is 1. The fraction of sp³-hybridized carbons (Fsp3) is 0.261. The lowest BCUT2D eigenvalue weighted by molar-refractivity contribution is -0.121. The number of carbonyl (C=O) groups excluding carboxylic acids is 1. The topological polar surface area (TPSA) is 68.9 Å². The highest BCUT2D eigenvalue weighted by atomic mass is 32.2. The number of aromatic nitrogens is 3. The summed E-state index contributed by atoms with van der Waals surface area (Å²) in [6.45, 7) is 5.25. The number of benzene rings is 2. The largest absolute Gasteiger partial charge is 0.350 e. The van der Waals surface area contributed by atoms with Crippen LogP contribution in [0.2, 0.25) is 0 Å². The summed E-state index contributed by atoms with van der Waals surface area (Å²) in [5.74, 6) is 0.720. The minimum atomic E-state index is -0.130. The molecule has 3 heterocycles. The Kier molecular flexibility index (Phi) is 4.62. The molecular weight excluding hydrogens is 396 g/mol. The van der Waals surface area contributed by atoms with Crippen molar-refractivity contribution in [3.05, 3.63) is 69.5 Å². The Balaban J connectivity index is 1.54. The number of thioether (sulfide) groups is 1. The lowest BCUT2D eigenvalue weighted by Gasteiger charge is -2.10. The van der Waals surface area contributed by atoms with Gasteiger partial charge in [0, 0.05) is 24.2 Å². The summed E-state index contributed by atoms with van der Waals surface area (Å²) in [7, 11) is 0. The molecule has 0 saturated heterocycles. The van der Waals surface area contributed by atoms with Crippen LogP contribution in [0.3, 0.4) is 0 Å². The zero-order valence-electron chi connectivity index (χ0n) is 16.9. The minimum Gasteiger partial charge on any atom is -0.350 e. The van der Waals surface area contributed by atoms with Crippen molar-refractivity contribution in [2.24, 2.45) is 0 Å². The summed E-state index contributed by atoms with van der Waals surface area (Å²) in [5.41, 5.74) is 5.31. The molecule has 5 rings (SSSR count). The zero-order chi connectivity index (χ0) is 20.8. The molecule has 7 heteroatoms. The molecule has 1 amide bonds. The summed E-state index contributed by atoms with van der Waals surface area (Å²) in [5, 5.41) is 4.66. The van der Waals surface area contributed by atoms with Gasteiger partial charge in [-0.3, -0.25) is 14.2 Å². The lowest BCUT2D eigenvalue weighted by atomic mass is 10.1. The molecule has 152 valence electrons. The first-order valence-electron chi connectivity index (χ1n) is 10.00. The van der Waals surface area contributed by atoms with Crippen molar-refractivity contribution in [2.75, 3.05) is 5.75 Å². The number of hydrogen-bond acceptors (Lipinski definition) is 4. The molecule has 0 bridgehead atoms. The third kappa shape index (κ3) is 3.19. The van der Waals surface area contributed by atoms with Crippen molar-refractivity contribution in [3.8, 4) is 0 Å². The van der Waals surface area contributed by atoms with Gasteiger partial charge in [0.1, 0.15) is 17.6 Å². The normalized spacial score (nSPS) is 13.1. The van der Waals surface area contributed by atoms with Crippen LogP contribution in [0.25, 0.3) is 21.9 Å². The van der Waals surface area contributed by atoms with Gasteiger partial charge in [0.15, 0.2) is 5.16 Å². The van der Waals surface area contributed by atoms with Gasteiger partial charge in [-0.15, -0.1) is 0 Å². The van der Waals surface area contributed by atoms with Crippen LogP contribution in [0.4, 0.5) is 0 Å². The van der Waals surface area contributed by atoms with Crippen molar-refractivity contribution in [1.82, 2.24) is 19.4 Å². The van der Waals surface area contributed by atoms with Crippen molar-refractivity contribution >= 4 is 39.6 Å². The average Bonchev–Trinajstić information content (AvgIpc) is 3.32. The molecule has 0 spiro atoms. The average molecular weight is 419 g/mol. The molecule has 0 fully saturated rings. The van der Waals surface area contributed by atoms with Gasteiger partial charge in [-0.2, -0.15) is 0 Å². The maximum Gasteiger partial charge on any atom is 0.278 e. The van der Waals surface area contributed by atoms with Crippen LogP contribution in [0.1, 0.15) is 16.7 Å². The van der Waals surface area contributed by atoms with E-state index >= 15 is 0 Å². The third-order valence-electron chi connectivity index (χ3n) is 5.54. The number of nitrogens with one attached hydrogen (secondary N) is 1. The molecule has 0 atom stereocenters. The highest BCUT2D eigenvalue weighted by Gasteiger charge is 2.23. The summed E-state index contributed by atoms with van der Waals surface area (Å²) in [4.78, 5) is 30.8. The second kappa shape index (κ2) is 7.32. The van der Waals surface area contributed by atoms with E-state index in [1.165, 1.54) is 5.56 Å². The highest BCUT2D eigenvalue weighted by Crippen LogP contribution is 2.30. The van der Waals surface area contributed by atoms with E-state index in [0.717, 1.165) is 32.9 Å². The number of hydrogen-bond donors (Lipinski definition) is 1. The van der Waals surface area contributed by atoms with Gasteiger partial charge in [-0.25, -0.2) is 4.98 Å². The molecule has 1 aliphatic heterocycles. The van der Waals surface area contributed by atoms with Crippen LogP contribution in [-0.4, -0.2) is 25.8 Å². The van der Waals surface area contributed by atoms with Crippen molar-refractivity contribution in [3.63, 3.8) is 0 Å². The van der Waals surface area contributed by atoms with E-state index < -0.39 is 0 Å². The summed E-state index contributed by atoms with van der Waals surface area (Å²) in [6.07, 6.45) is 0. The fourth-order valence-electron chi connectivity index (χ4n) is 3.96. The maximum atomic E-state index is 13.2. The van der Waals surface area contributed by atoms with Crippen LogP contribution in [0, 0.1) is 13.8 Å². The van der Waals surface area contributed by atoms with E-state index in [1.807, 2.05) is 60.9 Å². The van der Waals surface area contributed by atoms with Gasteiger partial charge < -0.3 is 9.88 Å². The van der Waals surface area contributed by atoms with Gasteiger partial charge in [0.25, 0.3) is 5.56 Å². The lowest BCUT2D eigenvalue weighted by Crippen LogP contribution is -2.29. The first-order chi connectivity index (χ1) is 14.5. The Hall–Kier alpha value is -3.06. The van der Waals surface area contributed by atoms with Crippen LogP contribution in [-0.2, 0) is 24.4 Å². The molecule has 30 heavy (non-hydrogen) atoms. The van der Waals surface area contributed by atoms with Crippen molar-refractivity contribution in [2.45, 2.75) is 38.6 Å². The Bertz CT molecular complexity index is 1350. The van der Waals surface area contributed by atoms with Crippen molar-refractivity contribution < 1.29 is 4.79 Å². The predicted octanol–water partition coefficient (Wildman–Crippen LogP) is 3.39. The predicted molar refractivity (Wildman–Crippen MR) is 120 cm³/mol. The molecule has 1 aliphatic rings. The van der Waals surface area contributed by atoms with E-state index in [2.05, 4.69) is 5.32 Å². The van der Waals surface area contributed by atoms with Gasteiger partial charge in [-0.1, -0.05) is 53.2 Å². The van der Waals surface area contributed by atoms with Crippen LogP contribution < -0.4 is 10.9 Å². The molecule has 4 aromatic rings. The molecule has 1 N–H and O–H groups in total. The molecular formula is C23H22N4O2S. The van der Waals surface area contributed by atoms with E-state index in [4.69, 9.17) is 4.98 Å². The fourth-order valence-corrected chi connectivity index (χ4v) is 4.90. The monoisotopic (exact) mass is 418 g/mol. The Labute approximate surface area is 177 Å². The molecule has 2 aromatic heterocycles. The number of aryl methyl sites for hydroxylation is 2. The number of nitrogens with zero attached hydrogens (tertiary/aromatic N) is 3. The molecule has 0 radical (unpaired) electrons. The molecule has 6 nitrogen and oxygen atoms in total. The summed E-state index contributed by atoms with van der Waals surface area (Å²) in [6, 6.07) is 14.1. The van der Waals surface area contributed by atoms with E-state index in [-0.39, 0.29) is 18.0 Å². The van der Waals surface area contributed by atoms with Crippen LogP contribution in [0.5, 0.6) is 0 Å². The summed E-state index contributed by atoms with van der Waals surface area (Å²) >= 11 is 1.60. The number of carbonyl (C=O) groups is 1. The Morgan fingerprint density at radius 3 is 2.70 bits per heavy atom. The Morgan fingerprint density at radius 1 is 1.13 bits per heavy atom. The maximum absolute atomic E-state index is 13.2. The standard InChI is InChI=1S/C23H22N4O2S/c1-14-3-6-16(7-4-14)12-24-19(28)13-27-18-8-5-15(2)11-17(18)20-21(27)22(29)26-9-10-30-23(26)25-20/h3-8,11H,9-10,12-13H2,1-2H3,(H,24,28). The SMILES string of the molecule is Cc1ccc(CNC(=O)Cn2c3ccc(C)cc3c3nc4n(c(=O)c32)CCS4)cc1. The number of fused-ring (bicyclic) bond motifs is 4. The van der Waals surface area contributed by atoms with Crippen LogP contribution in [0.15, 0.2) is 52.4 Å². The van der Waals surface area contributed by atoms with E-state index in [9.17, 15) is 9.59 Å². The van der Waals surface area contributed by atoms with Gasteiger partial charge in [0.2, 0.25) is 5.91 Å². The molecule has 0 aliphatic carbocycles. The first-order valence-corrected chi connectivity index (χ1v) is 11.0. The number of rotatable bonds is 4. The Morgan fingerprint density at radius 2 is 1.90 bits per heavy atom. The third-order valence-corrected chi connectivity index (χ3v) is 6.49. The van der Waals surface area contributed by atoms with Gasteiger partial charge in [0.05, 0.1) is 5.52 Å². The quantitative estimate of drug-likeness (QED) is 0.516. The highest BCUT2D eigenvalue weighted by molar-refractivity contribution is 7.99. The molecule has 0 unspecified atom stereocenters. The molecule has 2 aromatic carbocycles. The first kappa shape index (κ1) is 18.9. The van der Waals surface area contributed by atoms with Crippen LogP contribution >= 0.6 is 11.8 Å².